The van der Waals surface area contributed by atoms with Crippen molar-refractivity contribution in [2.24, 2.45) is 0 Å². The number of anilines is 1. The van der Waals surface area contributed by atoms with Gasteiger partial charge in [-0.25, -0.2) is 9.37 Å². The Bertz CT molecular complexity index is 1540. The van der Waals surface area contributed by atoms with Crippen LogP contribution in [0.25, 0.3) is 16.7 Å². The van der Waals surface area contributed by atoms with Crippen LogP contribution in [-0.4, -0.2) is 87.1 Å². The lowest BCUT2D eigenvalue weighted by Crippen LogP contribution is -2.53. The van der Waals surface area contributed by atoms with Crippen LogP contribution in [0.1, 0.15) is 25.6 Å². The first-order chi connectivity index (χ1) is 19.5. The molecule has 0 spiro atoms. The molecule has 2 aliphatic heterocycles. The standard InChI is InChI=1S/C27H29F4N7O3/c1-4-20(39)36-12-13-37(16(2)14-36)23-21-22(33-26(34-23)41-15-17-8-7-11-35(17)3)24(40)38(25(32-21)27(29,30)31)19-10-6-5-9-18(19)28/h4-6,9-10,16-17H,1,7-8,11-15H2,2-3H3/t16-,17?/m0/s1. The molecule has 1 aromatic carbocycles. The molecule has 3 aromatic rings. The number of hydrogen-bond acceptors (Lipinski definition) is 8. The Balaban J connectivity index is 1.69. The molecule has 0 saturated carbocycles. The van der Waals surface area contributed by atoms with E-state index in [1.807, 2.05) is 7.05 Å². The van der Waals surface area contributed by atoms with Crippen molar-refractivity contribution in [1.82, 2.24) is 29.3 Å². The van der Waals surface area contributed by atoms with Gasteiger partial charge in [-0.05, 0) is 51.6 Å². The summed E-state index contributed by atoms with van der Waals surface area (Å²) >= 11 is 0. The predicted molar refractivity (Wildman–Crippen MR) is 143 cm³/mol. The molecule has 0 radical (unpaired) electrons. The van der Waals surface area contributed by atoms with Crippen molar-refractivity contribution >= 4 is 22.8 Å². The Kier molecular flexibility index (Phi) is 7.68. The van der Waals surface area contributed by atoms with Gasteiger partial charge in [-0.3, -0.25) is 14.2 Å². The molecule has 1 unspecified atom stereocenters. The van der Waals surface area contributed by atoms with Gasteiger partial charge in [0.2, 0.25) is 11.7 Å². The molecule has 218 valence electrons. The van der Waals surface area contributed by atoms with E-state index in [4.69, 9.17) is 4.74 Å². The molecule has 2 fully saturated rings. The van der Waals surface area contributed by atoms with Gasteiger partial charge in [-0.15, -0.1) is 0 Å². The summed E-state index contributed by atoms with van der Waals surface area (Å²) in [5, 5.41) is 0. The Hall–Kier alpha value is -4.07. The molecule has 0 N–H and O–H groups in total. The Morgan fingerprint density at radius 2 is 1.90 bits per heavy atom. The molecule has 0 bridgehead atoms. The smallest absolute Gasteiger partial charge is 0.450 e. The molecule has 2 aliphatic rings. The third kappa shape index (κ3) is 5.47. The number of nitrogens with zero attached hydrogens (tertiary/aromatic N) is 7. The highest BCUT2D eigenvalue weighted by Gasteiger charge is 2.40. The number of benzene rings is 1. The summed E-state index contributed by atoms with van der Waals surface area (Å²) in [5.74, 6) is -2.96. The van der Waals surface area contributed by atoms with Crippen molar-refractivity contribution in [3.05, 3.63) is 58.9 Å². The van der Waals surface area contributed by atoms with Crippen molar-refractivity contribution in [1.29, 1.82) is 0 Å². The fourth-order valence-electron chi connectivity index (χ4n) is 5.31. The highest BCUT2D eigenvalue weighted by molar-refractivity contribution is 5.88. The topological polar surface area (TPSA) is 96.7 Å². The third-order valence-corrected chi connectivity index (χ3v) is 7.49. The van der Waals surface area contributed by atoms with Crippen LogP contribution < -0.4 is 15.2 Å². The first kappa shape index (κ1) is 28.5. The molecule has 41 heavy (non-hydrogen) atoms. The lowest BCUT2D eigenvalue weighted by Gasteiger charge is -2.40. The maximum absolute atomic E-state index is 14.7. The summed E-state index contributed by atoms with van der Waals surface area (Å²) in [6.45, 7) is 7.03. The van der Waals surface area contributed by atoms with Crippen LogP contribution >= 0.6 is 0 Å². The number of ether oxygens (including phenoxy) is 1. The van der Waals surface area contributed by atoms with E-state index in [9.17, 15) is 27.2 Å². The molecule has 0 aliphatic carbocycles. The molecular formula is C27H29F4N7O3. The van der Waals surface area contributed by atoms with E-state index in [1.54, 1.807) is 16.7 Å². The molecule has 2 saturated heterocycles. The van der Waals surface area contributed by atoms with Crippen molar-refractivity contribution in [2.45, 2.75) is 38.0 Å². The number of likely N-dealkylation sites (tertiary alicyclic amines) is 1. The van der Waals surface area contributed by atoms with E-state index in [0.717, 1.165) is 31.5 Å². The molecule has 1 amide bonds. The minimum Gasteiger partial charge on any atom is -0.462 e. The van der Waals surface area contributed by atoms with Gasteiger partial charge in [-0.1, -0.05) is 18.7 Å². The minimum atomic E-state index is -5.12. The molecule has 4 heterocycles. The number of amides is 1. The number of carbonyl (C=O) groups excluding carboxylic acids is 1. The first-order valence-corrected chi connectivity index (χ1v) is 13.2. The monoisotopic (exact) mass is 575 g/mol. The minimum absolute atomic E-state index is 0.0359. The first-order valence-electron chi connectivity index (χ1n) is 13.2. The van der Waals surface area contributed by atoms with Gasteiger partial charge in [0, 0.05) is 31.7 Å². The van der Waals surface area contributed by atoms with E-state index in [-0.39, 0.29) is 54.6 Å². The van der Waals surface area contributed by atoms with Crippen LogP contribution in [0.3, 0.4) is 0 Å². The van der Waals surface area contributed by atoms with Gasteiger partial charge < -0.3 is 19.4 Å². The fraction of sp³-hybridized carbons (Fsp3) is 0.444. The number of likely N-dealkylation sites (N-methyl/N-ethyl adjacent to an activating group) is 1. The molecule has 14 heteroatoms. The summed E-state index contributed by atoms with van der Waals surface area (Å²) in [6, 6.07) is 4.09. The van der Waals surface area contributed by atoms with Crippen molar-refractivity contribution in [3.8, 4) is 11.7 Å². The average molecular weight is 576 g/mol. The summed E-state index contributed by atoms with van der Waals surface area (Å²) in [5.41, 5.74) is -2.67. The zero-order chi connectivity index (χ0) is 29.5. The largest absolute Gasteiger partial charge is 0.462 e. The van der Waals surface area contributed by atoms with Crippen LogP contribution in [0.2, 0.25) is 0 Å². The zero-order valence-corrected chi connectivity index (χ0v) is 22.6. The number of piperazine rings is 1. The van der Waals surface area contributed by atoms with Crippen molar-refractivity contribution < 1.29 is 27.1 Å². The third-order valence-electron chi connectivity index (χ3n) is 7.49. The van der Waals surface area contributed by atoms with Gasteiger partial charge in [-0.2, -0.15) is 23.1 Å². The Morgan fingerprint density at radius 3 is 2.54 bits per heavy atom. The van der Waals surface area contributed by atoms with E-state index in [0.29, 0.717) is 0 Å². The highest BCUT2D eigenvalue weighted by atomic mass is 19.4. The normalized spacial score (nSPS) is 20.0. The Labute approximate surface area is 232 Å². The lowest BCUT2D eigenvalue weighted by molar-refractivity contribution is -0.146. The number of para-hydroxylation sites is 1. The molecule has 2 aromatic heterocycles. The van der Waals surface area contributed by atoms with Crippen LogP contribution in [0.4, 0.5) is 23.4 Å². The average Bonchev–Trinajstić information content (AvgIpc) is 3.35. The molecular weight excluding hydrogens is 546 g/mol. The number of aromatic nitrogens is 4. The number of alkyl halides is 3. The summed E-state index contributed by atoms with van der Waals surface area (Å²) < 4.78 is 63.8. The SMILES string of the molecule is C=CC(=O)N1CCN(c2nc(OCC3CCCN3C)nc3c(=O)n(-c4ccccc4F)c(C(F)(F)F)nc23)[C@@H](C)C1. The maximum Gasteiger partial charge on any atom is 0.450 e. The summed E-state index contributed by atoms with van der Waals surface area (Å²) in [7, 11) is 1.95. The number of hydrogen-bond donors (Lipinski definition) is 0. The fourth-order valence-corrected chi connectivity index (χ4v) is 5.31. The van der Waals surface area contributed by atoms with Crippen LogP contribution in [0, 0.1) is 5.82 Å². The maximum atomic E-state index is 14.7. The van der Waals surface area contributed by atoms with Crippen LogP contribution in [0.15, 0.2) is 41.7 Å². The highest BCUT2D eigenvalue weighted by Crippen LogP contribution is 2.33. The van der Waals surface area contributed by atoms with Crippen molar-refractivity contribution in [2.75, 3.05) is 44.7 Å². The van der Waals surface area contributed by atoms with Crippen molar-refractivity contribution in [3.63, 3.8) is 0 Å². The second kappa shape index (κ2) is 11.1. The molecule has 10 nitrogen and oxygen atoms in total. The van der Waals surface area contributed by atoms with E-state index in [2.05, 4.69) is 26.4 Å². The van der Waals surface area contributed by atoms with E-state index in [1.165, 1.54) is 18.2 Å². The van der Waals surface area contributed by atoms with E-state index >= 15 is 0 Å². The van der Waals surface area contributed by atoms with Gasteiger partial charge in [0.1, 0.15) is 17.9 Å². The van der Waals surface area contributed by atoms with Gasteiger partial charge >= 0.3 is 12.2 Å². The predicted octanol–water partition coefficient (Wildman–Crippen LogP) is 3.03. The lowest BCUT2D eigenvalue weighted by atomic mass is 10.1. The number of fused-ring (bicyclic) bond motifs is 1. The zero-order valence-electron chi connectivity index (χ0n) is 22.6. The number of halogens is 4. The van der Waals surface area contributed by atoms with E-state index < -0.39 is 46.1 Å². The van der Waals surface area contributed by atoms with Gasteiger partial charge in [0.25, 0.3) is 5.56 Å². The Morgan fingerprint density at radius 1 is 1.15 bits per heavy atom. The number of carbonyl (C=O) groups is 1. The summed E-state index contributed by atoms with van der Waals surface area (Å²) in [6.07, 6.45) is -2.06. The van der Waals surface area contributed by atoms with Crippen LogP contribution in [-0.2, 0) is 11.0 Å². The van der Waals surface area contributed by atoms with Gasteiger partial charge in [0.05, 0.1) is 5.69 Å². The quantitative estimate of drug-likeness (QED) is 0.327. The summed E-state index contributed by atoms with van der Waals surface area (Å²) in [4.78, 5) is 43.7. The molecule has 2 atom stereocenters. The second-order valence-corrected chi connectivity index (χ2v) is 10.2. The second-order valence-electron chi connectivity index (χ2n) is 10.2. The van der Waals surface area contributed by atoms with Gasteiger partial charge in [0.15, 0.2) is 11.3 Å². The van der Waals surface area contributed by atoms with Crippen LogP contribution in [0.5, 0.6) is 6.01 Å². The number of rotatable bonds is 6. The molecule has 5 rings (SSSR count).